The molecule has 1 aliphatic rings. The molecule has 0 aliphatic carbocycles. The van der Waals surface area contributed by atoms with E-state index < -0.39 is 5.60 Å². The minimum atomic E-state index is -0.785. The maximum absolute atomic E-state index is 11.6. The molecular weight excluding hydrogens is 270 g/mol. The van der Waals surface area contributed by atoms with Crippen molar-refractivity contribution in [1.29, 1.82) is 0 Å². The van der Waals surface area contributed by atoms with E-state index >= 15 is 0 Å². The van der Waals surface area contributed by atoms with Crippen molar-refractivity contribution >= 4 is 0 Å². The molecule has 0 spiro atoms. The van der Waals surface area contributed by atoms with Gasteiger partial charge in [-0.25, -0.2) is 0 Å². The summed E-state index contributed by atoms with van der Waals surface area (Å²) in [6.45, 7) is 5.33. The third-order valence-electron chi connectivity index (χ3n) is 4.99. The molecule has 2 aromatic rings. The van der Waals surface area contributed by atoms with Crippen molar-refractivity contribution in [3.8, 4) is 0 Å². The Morgan fingerprint density at radius 3 is 2.27 bits per heavy atom. The molecule has 0 aromatic heterocycles. The fraction of sp³-hybridized carbons (Fsp3) is 0.400. The monoisotopic (exact) mass is 295 g/mol. The molecule has 1 N–H and O–H groups in total. The average molecular weight is 295 g/mol. The number of benzene rings is 2. The molecule has 1 heterocycles. The van der Waals surface area contributed by atoms with Gasteiger partial charge in [-0.3, -0.25) is 0 Å². The summed E-state index contributed by atoms with van der Waals surface area (Å²) in [7, 11) is 0. The molecule has 0 bridgehead atoms. The first kappa shape index (κ1) is 15.3. The molecule has 0 radical (unpaired) electrons. The Labute approximate surface area is 133 Å². The van der Waals surface area contributed by atoms with Crippen molar-refractivity contribution in [3.05, 3.63) is 71.8 Å². The van der Waals surface area contributed by atoms with E-state index in [4.69, 9.17) is 0 Å². The Morgan fingerprint density at radius 2 is 1.68 bits per heavy atom. The van der Waals surface area contributed by atoms with Crippen LogP contribution in [0.3, 0.4) is 0 Å². The number of likely N-dealkylation sites (tertiary alicyclic amines) is 1. The highest BCUT2D eigenvalue weighted by Crippen LogP contribution is 2.38. The molecule has 1 saturated heterocycles. The third kappa shape index (κ3) is 3.08. The standard InChI is InChI=1S/C20H25NO/c1-2-21-14-13-19(16-21)20(22,18-11-7-4-8-12-18)15-17-9-5-3-6-10-17/h3-12,19,22H,2,13-16H2,1H3/t19-,20-/m0/s1. The van der Waals surface area contributed by atoms with Crippen LogP contribution in [0, 0.1) is 5.92 Å². The second-order valence-electron chi connectivity index (χ2n) is 6.33. The lowest BCUT2D eigenvalue weighted by Crippen LogP contribution is -2.39. The number of hydrogen-bond donors (Lipinski definition) is 1. The number of hydrogen-bond acceptors (Lipinski definition) is 2. The van der Waals surface area contributed by atoms with Crippen LogP contribution in [0.25, 0.3) is 0 Å². The Kier molecular flexibility index (Phi) is 4.60. The molecule has 2 aromatic carbocycles. The summed E-state index contributed by atoms with van der Waals surface area (Å²) < 4.78 is 0. The van der Waals surface area contributed by atoms with E-state index in [1.54, 1.807) is 0 Å². The first-order valence-corrected chi connectivity index (χ1v) is 8.26. The van der Waals surface area contributed by atoms with E-state index in [1.807, 2.05) is 36.4 Å². The summed E-state index contributed by atoms with van der Waals surface area (Å²) in [4.78, 5) is 2.43. The van der Waals surface area contributed by atoms with Gasteiger partial charge in [0, 0.05) is 18.9 Å². The van der Waals surface area contributed by atoms with Gasteiger partial charge in [-0.05, 0) is 30.6 Å². The molecule has 116 valence electrons. The highest BCUT2D eigenvalue weighted by Gasteiger charge is 2.41. The van der Waals surface area contributed by atoms with Gasteiger partial charge >= 0.3 is 0 Å². The molecule has 0 unspecified atom stereocenters. The van der Waals surface area contributed by atoms with E-state index in [9.17, 15) is 5.11 Å². The molecule has 1 fully saturated rings. The predicted molar refractivity (Wildman–Crippen MR) is 90.7 cm³/mol. The van der Waals surface area contributed by atoms with E-state index in [1.165, 1.54) is 5.56 Å². The topological polar surface area (TPSA) is 23.5 Å². The molecule has 1 aliphatic heterocycles. The van der Waals surface area contributed by atoms with Gasteiger partial charge < -0.3 is 10.0 Å². The Bertz CT molecular complexity index is 583. The largest absolute Gasteiger partial charge is 0.384 e. The fourth-order valence-electron chi connectivity index (χ4n) is 3.63. The van der Waals surface area contributed by atoms with Crippen LogP contribution < -0.4 is 0 Å². The van der Waals surface area contributed by atoms with E-state index in [2.05, 4.69) is 36.1 Å². The lowest BCUT2D eigenvalue weighted by Gasteiger charge is -2.35. The van der Waals surface area contributed by atoms with Crippen LogP contribution in [0.1, 0.15) is 24.5 Å². The smallest absolute Gasteiger partial charge is 0.0977 e. The zero-order valence-corrected chi connectivity index (χ0v) is 13.3. The second kappa shape index (κ2) is 6.64. The van der Waals surface area contributed by atoms with Crippen molar-refractivity contribution in [2.45, 2.75) is 25.4 Å². The third-order valence-corrected chi connectivity index (χ3v) is 4.99. The van der Waals surface area contributed by atoms with Gasteiger partial charge in [0.25, 0.3) is 0 Å². The van der Waals surface area contributed by atoms with Crippen molar-refractivity contribution in [2.75, 3.05) is 19.6 Å². The maximum Gasteiger partial charge on any atom is 0.0977 e. The van der Waals surface area contributed by atoms with Crippen LogP contribution in [0.15, 0.2) is 60.7 Å². The molecule has 2 nitrogen and oxygen atoms in total. The van der Waals surface area contributed by atoms with Gasteiger partial charge in [0.05, 0.1) is 5.60 Å². The summed E-state index contributed by atoms with van der Waals surface area (Å²) in [6, 6.07) is 20.5. The minimum Gasteiger partial charge on any atom is -0.384 e. The summed E-state index contributed by atoms with van der Waals surface area (Å²) in [6.07, 6.45) is 1.74. The van der Waals surface area contributed by atoms with Crippen molar-refractivity contribution < 1.29 is 5.11 Å². The first-order chi connectivity index (χ1) is 10.7. The van der Waals surface area contributed by atoms with E-state index in [0.29, 0.717) is 6.42 Å². The molecule has 2 atom stereocenters. The first-order valence-electron chi connectivity index (χ1n) is 8.26. The van der Waals surface area contributed by atoms with Gasteiger partial charge in [-0.2, -0.15) is 0 Å². The lowest BCUT2D eigenvalue weighted by atomic mass is 9.76. The number of aliphatic hydroxyl groups is 1. The second-order valence-corrected chi connectivity index (χ2v) is 6.33. The zero-order valence-electron chi connectivity index (χ0n) is 13.3. The highest BCUT2D eigenvalue weighted by atomic mass is 16.3. The predicted octanol–water partition coefficient (Wildman–Crippen LogP) is 3.46. The quantitative estimate of drug-likeness (QED) is 0.913. The Hall–Kier alpha value is -1.64. The van der Waals surface area contributed by atoms with Gasteiger partial charge in [-0.1, -0.05) is 67.6 Å². The van der Waals surface area contributed by atoms with E-state index in [-0.39, 0.29) is 5.92 Å². The highest BCUT2D eigenvalue weighted by molar-refractivity contribution is 5.28. The summed E-state index contributed by atoms with van der Waals surface area (Å²) >= 11 is 0. The summed E-state index contributed by atoms with van der Waals surface area (Å²) in [5.41, 5.74) is 1.46. The molecule has 22 heavy (non-hydrogen) atoms. The zero-order chi connectivity index (χ0) is 15.4. The van der Waals surface area contributed by atoms with Crippen LogP contribution in [0.5, 0.6) is 0 Å². The Morgan fingerprint density at radius 1 is 1.05 bits per heavy atom. The molecule has 3 rings (SSSR count). The normalized spacial score (nSPS) is 21.6. The van der Waals surface area contributed by atoms with Crippen LogP contribution in [0.2, 0.25) is 0 Å². The van der Waals surface area contributed by atoms with Crippen LogP contribution in [-0.2, 0) is 12.0 Å². The molecule has 2 heteroatoms. The Balaban J connectivity index is 1.92. The molecule has 0 saturated carbocycles. The average Bonchev–Trinajstić information content (AvgIpc) is 3.06. The SMILES string of the molecule is CCN1CC[C@H]([C@](O)(Cc2ccccc2)c2ccccc2)C1. The van der Waals surface area contributed by atoms with E-state index in [0.717, 1.165) is 31.6 Å². The molecule has 0 amide bonds. The lowest BCUT2D eigenvalue weighted by molar-refractivity contribution is -0.0202. The van der Waals surface area contributed by atoms with Gasteiger partial charge in [0.15, 0.2) is 0 Å². The summed E-state index contributed by atoms with van der Waals surface area (Å²) in [5, 5.41) is 11.6. The number of rotatable bonds is 5. The van der Waals surface area contributed by atoms with Gasteiger partial charge in [-0.15, -0.1) is 0 Å². The van der Waals surface area contributed by atoms with Crippen molar-refractivity contribution in [3.63, 3.8) is 0 Å². The fourth-order valence-corrected chi connectivity index (χ4v) is 3.63. The van der Waals surface area contributed by atoms with Gasteiger partial charge in [0.1, 0.15) is 0 Å². The van der Waals surface area contributed by atoms with Crippen LogP contribution >= 0.6 is 0 Å². The van der Waals surface area contributed by atoms with Crippen LogP contribution in [-0.4, -0.2) is 29.6 Å². The summed E-state index contributed by atoms with van der Waals surface area (Å²) in [5.74, 6) is 0.287. The van der Waals surface area contributed by atoms with Crippen molar-refractivity contribution in [2.24, 2.45) is 5.92 Å². The maximum atomic E-state index is 11.6. The minimum absolute atomic E-state index is 0.287. The van der Waals surface area contributed by atoms with Crippen molar-refractivity contribution in [1.82, 2.24) is 4.90 Å². The number of nitrogens with zero attached hydrogens (tertiary/aromatic N) is 1. The molecular formula is C20H25NO. The van der Waals surface area contributed by atoms with Crippen LogP contribution in [0.4, 0.5) is 0 Å². The van der Waals surface area contributed by atoms with Gasteiger partial charge in [0.2, 0.25) is 0 Å².